The molecule has 0 aromatic heterocycles. The van der Waals surface area contributed by atoms with E-state index in [2.05, 4.69) is 23.8 Å². The topological polar surface area (TPSA) is 26.3 Å². The molecule has 0 fully saturated rings. The van der Waals surface area contributed by atoms with E-state index in [1.165, 1.54) is 84.2 Å². The van der Waals surface area contributed by atoms with Crippen molar-refractivity contribution < 1.29 is 9.53 Å². The molecule has 0 heterocycles. The highest BCUT2D eigenvalue weighted by Gasteiger charge is 1.98. The lowest BCUT2D eigenvalue weighted by atomic mass is 10.1. The Morgan fingerprint density at radius 1 is 0.727 bits per heavy atom. The fourth-order valence-corrected chi connectivity index (χ4v) is 2.62. The summed E-state index contributed by atoms with van der Waals surface area (Å²) in [5, 5.41) is 0. The number of esters is 1. The molecule has 0 saturated heterocycles. The second-order valence-corrected chi connectivity index (χ2v) is 6.26. The van der Waals surface area contributed by atoms with Gasteiger partial charge >= 0.3 is 5.97 Å². The Morgan fingerprint density at radius 3 is 1.68 bits per heavy atom. The van der Waals surface area contributed by atoms with E-state index in [-0.39, 0.29) is 5.97 Å². The van der Waals surface area contributed by atoms with E-state index in [0.29, 0.717) is 6.42 Å². The average molecular weight is 311 g/mol. The maximum atomic E-state index is 10.9. The van der Waals surface area contributed by atoms with E-state index < -0.39 is 0 Å². The standard InChI is InChI=1S/C20H38O2/c1-3-4-5-6-7-8-9-10-11-12-13-14-15-16-17-18-19-20(21)22-2/h10-11H,3-9,12-19H2,1-2H3/b11-10+. The summed E-state index contributed by atoms with van der Waals surface area (Å²) in [7, 11) is 1.46. The Morgan fingerprint density at radius 2 is 1.18 bits per heavy atom. The molecule has 0 aliphatic rings. The lowest BCUT2D eigenvalue weighted by Gasteiger charge is -2.01. The summed E-state index contributed by atoms with van der Waals surface area (Å²) >= 11 is 0. The van der Waals surface area contributed by atoms with Crippen molar-refractivity contribution in [1.29, 1.82) is 0 Å². The molecule has 0 amide bonds. The minimum atomic E-state index is -0.0736. The summed E-state index contributed by atoms with van der Waals surface area (Å²) in [6, 6.07) is 0. The molecule has 22 heavy (non-hydrogen) atoms. The first kappa shape index (κ1) is 21.2. The zero-order valence-electron chi connectivity index (χ0n) is 15.1. The third kappa shape index (κ3) is 17.3. The van der Waals surface area contributed by atoms with Crippen LogP contribution >= 0.6 is 0 Å². The largest absolute Gasteiger partial charge is 0.469 e. The van der Waals surface area contributed by atoms with Crippen molar-refractivity contribution in [3.05, 3.63) is 12.2 Å². The molecule has 0 aromatic carbocycles. The number of carbonyl (C=O) groups is 1. The first-order valence-corrected chi connectivity index (χ1v) is 9.53. The monoisotopic (exact) mass is 310 g/mol. The van der Waals surface area contributed by atoms with Gasteiger partial charge in [0, 0.05) is 6.42 Å². The van der Waals surface area contributed by atoms with Crippen molar-refractivity contribution in [2.75, 3.05) is 7.11 Å². The summed E-state index contributed by atoms with van der Waals surface area (Å²) in [5.41, 5.74) is 0. The quantitative estimate of drug-likeness (QED) is 0.183. The van der Waals surface area contributed by atoms with Gasteiger partial charge in [0.25, 0.3) is 0 Å². The third-order valence-electron chi connectivity index (χ3n) is 4.12. The normalized spacial score (nSPS) is 11.2. The number of methoxy groups -OCH3 is 1. The van der Waals surface area contributed by atoms with Crippen LogP contribution in [0.4, 0.5) is 0 Å². The summed E-state index contributed by atoms with van der Waals surface area (Å²) in [5.74, 6) is -0.0736. The molecule has 130 valence electrons. The molecule has 0 saturated carbocycles. The summed E-state index contributed by atoms with van der Waals surface area (Å²) in [6.45, 7) is 2.27. The van der Waals surface area contributed by atoms with E-state index in [4.69, 9.17) is 0 Å². The molecule has 0 spiro atoms. The molecule has 2 heteroatoms. The summed E-state index contributed by atoms with van der Waals surface area (Å²) < 4.78 is 4.63. The molecule has 0 rings (SSSR count). The second-order valence-electron chi connectivity index (χ2n) is 6.26. The van der Waals surface area contributed by atoms with E-state index >= 15 is 0 Å². The van der Waals surface area contributed by atoms with E-state index in [1.54, 1.807) is 0 Å². The zero-order chi connectivity index (χ0) is 16.3. The molecule has 0 aliphatic heterocycles. The Hall–Kier alpha value is -0.790. The van der Waals surface area contributed by atoms with Gasteiger partial charge in [-0.15, -0.1) is 0 Å². The molecule has 0 aliphatic carbocycles. The number of rotatable bonds is 16. The highest BCUT2D eigenvalue weighted by atomic mass is 16.5. The fourth-order valence-electron chi connectivity index (χ4n) is 2.62. The molecule has 0 radical (unpaired) electrons. The van der Waals surface area contributed by atoms with Gasteiger partial charge in [0.2, 0.25) is 0 Å². The van der Waals surface area contributed by atoms with Gasteiger partial charge in [0.05, 0.1) is 7.11 Å². The van der Waals surface area contributed by atoms with Crippen molar-refractivity contribution in [3.63, 3.8) is 0 Å². The lowest BCUT2D eigenvalue weighted by Crippen LogP contribution is -1.99. The Kier molecular flexibility index (Phi) is 17.6. The number of hydrogen-bond donors (Lipinski definition) is 0. The van der Waals surface area contributed by atoms with Crippen LogP contribution in [0.15, 0.2) is 12.2 Å². The molecule has 0 atom stereocenters. The van der Waals surface area contributed by atoms with Crippen molar-refractivity contribution in [2.45, 2.75) is 103 Å². The van der Waals surface area contributed by atoms with E-state index in [9.17, 15) is 4.79 Å². The van der Waals surface area contributed by atoms with Gasteiger partial charge in [0.1, 0.15) is 0 Å². The highest BCUT2D eigenvalue weighted by Crippen LogP contribution is 2.10. The van der Waals surface area contributed by atoms with Gasteiger partial charge in [-0.2, -0.15) is 0 Å². The average Bonchev–Trinajstić information content (AvgIpc) is 2.54. The Labute approximate surface area is 138 Å². The van der Waals surface area contributed by atoms with Crippen molar-refractivity contribution in [3.8, 4) is 0 Å². The molecular weight excluding hydrogens is 272 g/mol. The first-order chi connectivity index (χ1) is 10.8. The van der Waals surface area contributed by atoms with Crippen LogP contribution in [0.2, 0.25) is 0 Å². The fraction of sp³-hybridized carbons (Fsp3) is 0.850. The van der Waals surface area contributed by atoms with Crippen LogP contribution in [0.5, 0.6) is 0 Å². The molecule has 0 aromatic rings. The predicted octanol–water partition coefficient (Wildman–Crippen LogP) is 6.59. The Bertz CT molecular complexity index is 258. The number of unbranched alkanes of at least 4 members (excludes halogenated alkanes) is 12. The first-order valence-electron chi connectivity index (χ1n) is 9.53. The van der Waals surface area contributed by atoms with Gasteiger partial charge < -0.3 is 4.74 Å². The highest BCUT2D eigenvalue weighted by molar-refractivity contribution is 5.68. The zero-order valence-corrected chi connectivity index (χ0v) is 15.1. The predicted molar refractivity (Wildman–Crippen MR) is 96.1 cm³/mol. The smallest absolute Gasteiger partial charge is 0.305 e. The van der Waals surface area contributed by atoms with Gasteiger partial charge in [0.15, 0.2) is 0 Å². The minimum absolute atomic E-state index is 0.0736. The van der Waals surface area contributed by atoms with Crippen LogP contribution < -0.4 is 0 Å². The minimum Gasteiger partial charge on any atom is -0.469 e. The van der Waals surface area contributed by atoms with Gasteiger partial charge in [-0.1, -0.05) is 76.9 Å². The van der Waals surface area contributed by atoms with Crippen molar-refractivity contribution in [1.82, 2.24) is 0 Å². The number of ether oxygens (including phenoxy) is 1. The van der Waals surface area contributed by atoms with Gasteiger partial charge in [-0.25, -0.2) is 0 Å². The number of carbonyl (C=O) groups excluding carboxylic acids is 1. The second kappa shape index (κ2) is 18.3. The summed E-state index contributed by atoms with van der Waals surface area (Å²) in [6.07, 6.45) is 23.5. The molecule has 0 N–H and O–H groups in total. The Balaban J connectivity index is 3.09. The van der Waals surface area contributed by atoms with E-state index in [1.807, 2.05) is 0 Å². The van der Waals surface area contributed by atoms with Crippen LogP contribution in [0.25, 0.3) is 0 Å². The molecular formula is C20H38O2. The van der Waals surface area contributed by atoms with Crippen LogP contribution in [0, 0.1) is 0 Å². The van der Waals surface area contributed by atoms with Crippen LogP contribution in [-0.4, -0.2) is 13.1 Å². The summed E-state index contributed by atoms with van der Waals surface area (Å²) in [4.78, 5) is 10.9. The van der Waals surface area contributed by atoms with Gasteiger partial charge in [-0.05, 0) is 32.1 Å². The van der Waals surface area contributed by atoms with Crippen LogP contribution in [0.1, 0.15) is 103 Å². The maximum Gasteiger partial charge on any atom is 0.305 e. The van der Waals surface area contributed by atoms with Crippen LogP contribution in [0.3, 0.4) is 0 Å². The molecule has 0 unspecified atom stereocenters. The SMILES string of the molecule is CCCCCCCC/C=C/CCCCCCCCC(=O)OC. The van der Waals surface area contributed by atoms with Gasteiger partial charge in [-0.3, -0.25) is 4.79 Å². The molecule has 0 bridgehead atoms. The molecule has 2 nitrogen and oxygen atoms in total. The van der Waals surface area contributed by atoms with E-state index in [0.717, 1.165) is 12.8 Å². The third-order valence-corrected chi connectivity index (χ3v) is 4.12. The maximum absolute atomic E-state index is 10.9. The number of allylic oxidation sites excluding steroid dienone is 2. The lowest BCUT2D eigenvalue weighted by molar-refractivity contribution is -0.140. The van der Waals surface area contributed by atoms with Crippen LogP contribution in [-0.2, 0) is 9.53 Å². The number of hydrogen-bond acceptors (Lipinski definition) is 2. The van der Waals surface area contributed by atoms with Crippen molar-refractivity contribution >= 4 is 5.97 Å². The van der Waals surface area contributed by atoms with Crippen molar-refractivity contribution in [2.24, 2.45) is 0 Å².